The van der Waals surface area contributed by atoms with Crippen LogP contribution in [0.1, 0.15) is 0 Å². The maximum atomic E-state index is 12.6. The minimum Gasteiger partial charge on any atom is -0.376 e. The van der Waals surface area contributed by atoms with Crippen LogP contribution in [-0.4, -0.2) is 50.5 Å². The Morgan fingerprint density at radius 1 is 1.22 bits per heavy atom. The molecule has 118 valence electrons. The van der Waals surface area contributed by atoms with Crippen molar-refractivity contribution < 1.29 is 9.47 Å². The minimum absolute atomic E-state index is 0.148. The maximum absolute atomic E-state index is 12.6. The Balaban J connectivity index is 1.71. The molecule has 1 aliphatic heterocycles. The maximum Gasteiger partial charge on any atom is 0.283 e. The number of hydrogen-bond donors (Lipinski definition) is 0. The van der Waals surface area contributed by atoms with E-state index in [1.54, 1.807) is 4.68 Å². The fourth-order valence-electron chi connectivity index (χ4n) is 2.58. The number of benzene rings is 1. The molecule has 8 nitrogen and oxygen atoms in total. The summed E-state index contributed by atoms with van der Waals surface area (Å²) >= 11 is 0. The summed E-state index contributed by atoms with van der Waals surface area (Å²) < 4.78 is 14.0. The van der Waals surface area contributed by atoms with Gasteiger partial charge in [0.1, 0.15) is 6.33 Å². The van der Waals surface area contributed by atoms with Gasteiger partial charge in [-0.2, -0.15) is 4.68 Å². The second-order valence-electron chi connectivity index (χ2n) is 5.28. The fourth-order valence-corrected chi connectivity index (χ4v) is 2.58. The van der Waals surface area contributed by atoms with Gasteiger partial charge in [-0.15, -0.1) is 5.10 Å². The van der Waals surface area contributed by atoms with Crippen molar-refractivity contribution in [2.24, 2.45) is 0 Å². The lowest BCUT2D eigenvalue weighted by molar-refractivity contribution is -0.0939. The Bertz CT molecular complexity index is 868. The Kier molecular flexibility index (Phi) is 3.60. The largest absolute Gasteiger partial charge is 0.376 e. The molecule has 1 atom stereocenters. The third-order valence-corrected chi connectivity index (χ3v) is 3.72. The van der Waals surface area contributed by atoms with Crippen molar-refractivity contribution in [3.8, 4) is 5.69 Å². The second kappa shape index (κ2) is 5.90. The Labute approximate surface area is 131 Å². The normalized spacial score (nSPS) is 18.3. The van der Waals surface area contributed by atoms with Gasteiger partial charge in [0.2, 0.25) is 0 Å². The van der Waals surface area contributed by atoms with E-state index in [0.717, 1.165) is 5.69 Å². The number of aromatic nitrogens is 5. The second-order valence-corrected chi connectivity index (χ2v) is 5.28. The van der Waals surface area contributed by atoms with Gasteiger partial charge < -0.3 is 9.47 Å². The number of rotatable bonds is 3. The molecule has 4 rings (SSSR count). The van der Waals surface area contributed by atoms with Crippen LogP contribution in [0.2, 0.25) is 0 Å². The van der Waals surface area contributed by atoms with Crippen LogP contribution in [-0.2, 0) is 16.0 Å². The van der Waals surface area contributed by atoms with E-state index in [-0.39, 0.29) is 17.2 Å². The molecule has 1 unspecified atom stereocenters. The van der Waals surface area contributed by atoms with E-state index in [2.05, 4.69) is 15.3 Å². The molecular weight excluding hydrogens is 298 g/mol. The van der Waals surface area contributed by atoms with Crippen molar-refractivity contribution in [1.82, 2.24) is 24.5 Å². The molecule has 1 aliphatic rings. The summed E-state index contributed by atoms with van der Waals surface area (Å²) in [5.74, 6) is 0. The number of ether oxygens (including phenoxy) is 2. The van der Waals surface area contributed by atoms with Gasteiger partial charge in [0.05, 0.1) is 38.2 Å². The van der Waals surface area contributed by atoms with E-state index in [4.69, 9.17) is 9.47 Å². The highest BCUT2D eigenvalue weighted by Crippen LogP contribution is 2.11. The zero-order valence-electron chi connectivity index (χ0n) is 12.3. The predicted octanol–water partition coefficient (Wildman–Crippen LogP) is 0.393. The summed E-state index contributed by atoms with van der Waals surface area (Å²) in [4.78, 5) is 16.9. The number of para-hydroxylation sites is 1. The number of nitrogens with zero attached hydrogens (tertiary/aromatic N) is 5. The first-order chi connectivity index (χ1) is 11.3. The highest BCUT2D eigenvalue weighted by Gasteiger charge is 2.18. The highest BCUT2D eigenvalue weighted by atomic mass is 16.6. The molecule has 1 saturated heterocycles. The van der Waals surface area contributed by atoms with E-state index < -0.39 is 0 Å². The quantitative estimate of drug-likeness (QED) is 0.695. The Morgan fingerprint density at radius 2 is 2.09 bits per heavy atom. The van der Waals surface area contributed by atoms with E-state index in [9.17, 15) is 4.79 Å². The highest BCUT2D eigenvalue weighted by molar-refractivity contribution is 5.70. The summed E-state index contributed by atoms with van der Waals surface area (Å²) in [7, 11) is 0. The topological polar surface area (TPSA) is 84.1 Å². The number of hydrogen-bond acceptors (Lipinski definition) is 6. The monoisotopic (exact) mass is 313 g/mol. The molecule has 0 radical (unpaired) electrons. The molecule has 2 aromatic heterocycles. The van der Waals surface area contributed by atoms with Gasteiger partial charge in [-0.05, 0) is 12.1 Å². The Morgan fingerprint density at radius 3 is 2.87 bits per heavy atom. The first kappa shape index (κ1) is 14.0. The zero-order chi connectivity index (χ0) is 15.6. The van der Waals surface area contributed by atoms with Crippen molar-refractivity contribution >= 4 is 11.2 Å². The lowest BCUT2D eigenvalue weighted by Gasteiger charge is -2.23. The average molecular weight is 313 g/mol. The van der Waals surface area contributed by atoms with Crippen molar-refractivity contribution in [3.63, 3.8) is 0 Å². The molecule has 0 saturated carbocycles. The van der Waals surface area contributed by atoms with Crippen LogP contribution in [0.15, 0.2) is 41.5 Å². The molecule has 3 aromatic rings. The molecule has 0 N–H and O–H groups in total. The van der Waals surface area contributed by atoms with Crippen molar-refractivity contribution in [3.05, 3.63) is 47.0 Å². The van der Waals surface area contributed by atoms with Crippen molar-refractivity contribution in [2.45, 2.75) is 12.6 Å². The van der Waals surface area contributed by atoms with Crippen LogP contribution in [0.3, 0.4) is 0 Å². The van der Waals surface area contributed by atoms with E-state index in [1.807, 2.05) is 30.3 Å². The van der Waals surface area contributed by atoms with Crippen LogP contribution in [0, 0.1) is 0 Å². The third-order valence-electron chi connectivity index (χ3n) is 3.72. The van der Waals surface area contributed by atoms with Gasteiger partial charge in [0, 0.05) is 0 Å². The molecule has 1 fully saturated rings. The van der Waals surface area contributed by atoms with Gasteiger partial charge >= 0.3 is 0 Å². The predicted molar refractivity (Wildman–Crippen MR) is 81.5 cm³/mol. The van der Waals surface area contributed by atoms with Crippen molar-refractivity contribution in [2.75, 3.05) is 19.8 Å². The third kappa shape index (κ3) is 2.62. The molecule has 0 amide bonds. The molecule has 3 heterocycles. The van der Waals surface area contributed by atoms with Crippen LogP contribution in [0.25, 0.3) is 16.9 Å². The van der Waals surface area contributed by atoms with Gasteiger partial charge in [-0.1, -0.05) is 23.4 Å². The number of fused-ring (bicyclic) bond motifs is 1. The lowest BCUT2D eigenvalue weighted by Crippen LogP contribution is -2.35. The van der Waals surface area contributed by atoms with Crippen LogP contribution < -0.4 is 5.56 Å². The van der Waals surface area contributed by atoms with Crippen LogP contribution in [0.5, 0.6) is 0 Å². The summed E-state index contributed by atoms with van der Waals surface area (Å²) in [5.41, 5.74) is 1.27. The van der Waals surface area contributed by atoms with Gasteiger partial charge in [0.25, 0.3) is 5.56 Å². The van der Waals surface area contributed by atoms with Crippen molar-refractivity contribution in [1.29, 1.82) is 0 Å². The Hall–Kier alpha value is -2.58. The molecule has 0 bridgehead atoms. The summed E-state index contributed by atoms with van der Waals surface area (Å²) in [6.07, 6.45) is 1.36. The van der Waals surface area contributed by atoms with Gasteiger partial charge in [0.15, 0.2) is 11.2 Å². The van der Waals surface area contributed by atoms with E-state index in [1.165, 1.54) is 10.9 Å². The molecule has 0 aliphatic carbocycles. The smallest absolute Gasteiger partial charge is 0.283 e. The first-order valence-electron chi connectivity index (χ1n) is 7.38. The van der Waals surface area contributed by atoms with Crippen LogP contribution >= 0.6 is 0 Å². The van der Waals surface area contributed by atoms with Gasteiger partial charge in [-0.3, -0.25) is 9.36 Å². The fraction of sp³-hybridized carbons (Fsp3) is 0.333. The molecule has 1 aromatic carbocycles. The minimum atomic E-state index is -0.230. The molecule has 8 heteroatoms. The molecule has 23 heavy (non-hydrogen) atoms. The zero-order valence-corrected chi connectivity index (χ0v) is 12.3. The van der Waals surface area contributed by atoms with E-state index in [0.29, 0.717) is 32.0 Å². The SMILES string of the molecule is O=c1c2nnn(-c3ccccc3)c2ncn1CC1COCCO1. The summed E-state index contributed by atoms with van der Waals surface area (Å²) in [5, 5.41) is 8.04. The molecule has 0 spiro atoms. The molecular formula is C15H15N5O3. The van der Waals surface area contributed by atoms with Crippen LogP contribution in [0.4, 0.5) is 0 Å². The first-order valence-corrected chi connectivity index (χ1v) is 7.38. The van der Waals surface area contributed by atoms with E-state index >= 15 is 0 Å². The standard InChI is InChI=1S/C15H15N5O3/c21-15-13-14(20(18-17-13)11-4-2-1-3-5-11)16-10-19(15)8-12-9-22-6-7-23-12/h1-5,10,12H,6-9H2. The van der Waals surface area contributed by atoms with Gasteiger partial charge in [-0.25, -0.2) is 4.98 Å². The summed E-state index contributed by atoms with van der Waals surface area (Å²) in [6.45, 7) is 1.99. The summed E-state index contributed by atoms with van der Waals surface area (Å²) in [6, 6.07) is 9.47. The average Bonchev–Trinajstić information content (AvgIpc) is 3.04. The lowest BCUT2D eigenvalue weighted by atomic mass is 10.3.